The van der Waals surface area contributed by atoms with Crippen LogP contribution >= 0.6 is 0 Å². The lowest BCUT2D eigenvalue weighted by Crippen LogP contribution is -2.38. The number of H-pyrrole nitrogens is 1. The van der Waals surface area contributed by atoms with Gasteiger partial charge in [-0.2, -0.15) is 0 Å². The van der Waals surface area contributed by atoms with Gasteiger partial charge in [0.15, 0.2) is 0 Å². The van der Waals surface area contributed by atoms with Crippen molar-refractivity contribution >= 4 is 11.6 Å². The van der Waals surface area contributed by atoms with E-state index < -0.39 is 23.0 Å². The molecule has 3 aromatic rings. The average Bonchev–Trinajstić information content (AvgIpc) is 2.58. The number of para-hydroxylation sites is 1. The Hall–Kier alpha value is -3.48. The van der Waals surface area contributed by atoms with E-state index >= 15 is 0 Å². The fourth-order valence-corrected chi connectivity index (χ4v) is 2.32. The quantitative estimate of drug-likeness (QED) is 0.767. The lowest BCUT2D eigenvalue weighted by Gasteiger charge is -2.09. The number of hydrogen-bond acceptors (Lipinski definition) is 3. The highest BCUT2D eigenvalue weighted by molar-refractivity contribution is 6.03. The van der Waals surface area contributed by atoms with Gasteiger partial charge in [0.25, 0.3) is 11.5 Å². The van der Waals surface area contributed by atoms with E-state index in [1.165, 1.54) is 18.2 Å². The Kier molecular flexibility index (Phi) is 4.30. The summed E-state index contributed by atoms with van der Waals surface area (Å²) in [6.45, 7) is 1.87. The van der Waals surface area contributed by atoms with E-state index in [2.05, 4.69) is 10.3 Å². The average molecular weight is 339 g/mol. The summed E-state index contributed by atoms with van der Waals surface area (Å²) < 4.78 is 14.5. The predicted molar refractivity (Wildman–Crippen MR) is 91.7 cm³/mol. The highest BCUT2D eigenvalue weighted by Gasteiger charge is 2.17. The zero-order chi connectivity index (χ0) is 18.0. The molecular formula is C18H14FN3O3. The number of aryl methyl sites for hydroxylation is 1. The molecule has 2 aromatic carbocycles. The Morgan fingerprint density at radius 3 is 2.44 bits per heavy atom. The van der Waals surface area contributed by atoms with Gasteiger partial charge in [0, 0.05) is 6.20 Å². The number of rotatable bonds is 3. The first-order chi connectivity index (χ1) is 12.0. The molecule has 0 atom stereocenters. The molecule has 2 N–H and O–H groups in total. The largest absolute Gasteiger partial charge is 0.333 e. The Bertz CT molecular complexity index is 1050. The summed E-state index contributed by atoms with van der Waals surface area (Å²) in [5, 5.41) is 2.33. The fraction of sp³-hybridized carbons (Fsp3) is 0.0556. The van der Waals surface area contributed by atoms with Crippen molar-refractivity contribution in [3.8, 4) is 5.69 Å². The minimum Gasteiger partial charge on any atom is -0.319 e. The van der Waals surface area contributed by atoms with Gasteiger partial charge < -0.3 is 10.3 Å². The second-order valence-corrected chi connectivity index (χ2v) is 5.42. The smallest absolute Gasteiger partial charge is 0.319 e. The van der Waals surface area contributed by atoms with E-state index in [1.807, 2.05) is 6.92 Å². The molecule has 0 unspecified atom stereocenters. The van der Waals surface area contributed by atoms with Crippen LogP contribution in [0, 0.1) is 12.7 Å². The molecule has 1 aromatic heterocycles. The summed E-state index contributed by atoms with van der Waals surface area (Å²) in [5.74, 6) is -1.44. The molecule has 1 heterocycles. The van der Waals surface area contributed by atoms with Crippen LogP contribution in [0.2, 0.25) is 0 Å². The van der Waals surface area contributed by atoms with Gasteiger partial charge in [-0.25, -0.2) is 13.8 Å². The van der Waals surface area contributed by atoms with Gasteiger partial charge in [-0.3, -0.25) is 9.59 Å². The van der Waals surface area contributed by atoms with Gasteiger partial charge in [-0.05, 0) is 31.2 Å². The summed E-state index contributed by atoms with van der Waals surface area (Å²) in [6.07, 6.45) is 1.02. The standard InChI is InChI=1S/C18H14FN3O3/c1-11-6-8-12(9-7-11)22-17(24)13(10-20-18(22)25)16(23)21-15-5-3-2-4-14(15)19/h2-10H,1H3,(H,20,25)(H,21,23). The maximum atomic E-state index is 13.7. The molecule has 7 heteroatoms. The maximum absolute atomic E-state index is 13.7. The number of amides is 1. The molecule has 1 amide bonds. The zero-order valence-corrected chi connectivity index (χ0v) is 13.2. The van der Waals surface area contributed by atoms with Crippen LogP contribution in [0.5, 0.6) is 0 Å². The molecule has 25 heavy (non-hydrogen) atoms. The first-order valence-electron chi connectivity index (χ1n) is 7.45. The number of aromatic amines is 1. The molecule has 0 spiro atoms. The monoisotopic (exact) mass is 339 g/mol. The van der Waals surface area contributed by atoms with Gasteiger partial charge in [0.2, 0.25) is 0 Å². The molecule has 0 aliphatic heterocycles. The third-order valence-electron chi connectivity index (χ3n) is 3.64. The highest BCUT2D eigenvalue weighted by atomic mass is 19.1. The van der Waals surface area contributed by atoms with E-state index in [-0.39, 0.29) is 11.3 Å². The van der Waals surface area contributed by atoms with E-state index in [0.29, 0.717) is 5.69 Å². The lowest BCUT2D eigenvalue weighted by atomic mass is 10.2. The summed E-state index contributed by atoms with van der Waals surface area (Å²) >= 11 is 0. The van der Waals surface area contributed by atoms with Crippen molar-refractivity contribution in [3.63, 3.8) is 0 Å². The van der Waals surface area contributed by atoms with E-state index in [0.717, 1.165) is 16.3 Å². The van der Waals surface area contributed by atoms with Crippen molar-refractivity contribution in [2.45, 2.75) is 6.92 Å². The van der Waals surface area contributed by atoms with Crippen molar-refractivity contribution < 1.29 is 9.18 Å². The van der Waals surface area contributed by atoms with Crippen LogP contribution in [0.3, 0.4) is 0 Å². The molecule has 126 valence electrons. The molecule has 0 radical (unpaired) electrons. The van der Waals surface area contributed by atoms with Gasteiger partial charge in [0.05, 0.1) is 11.4 Å². The molecule has 0 aliphatic rings. The Morgan fingerprint density at radius 1 is 1.08 bits per heavy atom. The second-order valence-electron chi connectivity index (χ2n) is 5.42. The minimum absolute atomic E-state index is 0.0556. The molecule has 6 nitrogen and oxygen atoms in total. The van der Waals surface area contributed by atoms with Crippen LogP contribution in [0.4, 0.5) is 10.1 Å². The second kappa shape index (κ2) is 6.56. The summed E-state index contributed by atoms with van der Waals surface area (Å²) in [5.41, 5.74) is -0.528. The van der Waals surface area contributed by atoms with E-state index in [4.69, 9.17) is 0 Å². The van der Waals surface area contributed by atoms with Crippen LogP contribution in [0.15, 0.2) is 64.3 Å². The number of halogens is 1. The SMILES string of the molecule is Cc1ccc(-n2c(=O)[nH]cc(C(=O)Nc3ccccc3F)c2=O)cc1. The third kappa shape index (κ3) is 3.25. The number of aromatic nitrogens is 2. The van der Waals surface area contributed by atoms with Crippen molar-refractivity contribution in [2.24, 2.45) is 0 Å². The van der Waals surface area contributed by atoms with Gasteiger partial charge in [-0.15, -0.1) is 0 Å². The number of benzene rings is 2. The number of nitrogens with zero attached hydrogens (tertiary/aromatic N) is 1. The van der Waals surface area contributed by atoms with Crippen molar-refractivity contribution in [3.05, 3.63) is 92.5 Å². The number of carbonyl (C=O) groups is 1. The fourth-order valence-electron chi connectivity index (χ4n) is 2.32. The molecule has 0 bridgehead atoms. The number of nitrogens with one attached hydrogen (secondary N) is 2. The maximum Gasteiger partial charge on any atom is 0.333 e. The first kappa shape index (κ1) is 16.4. The van der Waals surface area contributed by atoms with Gasteiger partial charge >= 0.3 is 5.69 Å². The van der Waals surface area contributed by atoms with Crippen LogP contribution in [-0.2, 0) is 0 Å². The molecular weight excluding hydrogens is 325 g/mol. The van der Waals surface area contributed by atoms with Gasteiger partial charge in [-0.1, -0.05) is 29.8 Å². The van der Waals surface area contributed by atoms with Gasteiger partial charge in [0.1, 0.15) is 11.4 Å². The van der Waals surface area contributed by atoms with Crippen LogP contribution < -0.4 is 16.6 Å². The molecule has 3 rings (SSSR count). The van der Waals surface area contributed by atoms with E-state index in [9.17, 15) is 18.8 Å². The summed E-state index contributed by atoms with van der Waals surface area (Å²) in [7, 11) is 0. The zero-order valence-electron chi connectivity index (χ0n) is 13.2. The van der Waals surface area contributed by atoms with Crippen LogP contribution in [0.25, 0.3) is 5.69 Å². The van der Waals surface area contributed by atoms with Crippen molar-refractivity contribution in [1.29, 1.82) is 0 Å². The third-order valence-corrected chi connectivity index (χ3v) is 3.64. The number of hydrogen-bond donors (Lipinski definition) is 2. The topological polar surface area (TPSA) is 84.0 Å². The number of carbonyl (C=O) groups excluding carboxylic acids is 1. The Balaban J connectivity index is 2.04. The summed E-state index contributed by atoms with van der Waals surface area (Å²) in [6, 6.07) is 12.3. The predicted octanol–water partition coefficient (Wildman–Crippen LogP) is 2.23. The van der Waals surface area contributed by atoms with Crippen molar-refractivity contribution in [1.82, 2.24) is 9.55 Å². The van der Waals surface area contributed by atoms with E-state index in [1.54, 1.807) is 30.3 Å². The molecule has 0 fully saturated rings. The van der Waals surface area contributed by atoms with Crippen LogP contribution in [-0.4, -0.2) is 15.5 Å². The summed E-state index contributed by atoms with van der Waals surface area (Å²) in [4.78, 5) is 39.3. The minimum atomic E-state index is -0.813. The Labute approximate surface area is 141 Å². The van der Waals surface area contributed by atoms with Crippen LogP contribution in [0.1, 0.15) is 15.9 Å². The first-order valence-corrected chi connectivity index (χ1v) is 7.45. The highest BCUT2D eigenvalue weighted by Crippen LogP contribution is 2.13. The normalized spacial score (nSPS) is 10.5. The molecule has 0 saturated carbocycles. The lowest BCUT2D eigenvalue weighted by molar-refractivity contribution is 0.102. The van der Waals surface area contributed by atoms with Crippen molar-refractivity contribution in [2.75, 3.05) is 5.32 Å². The molecule has 0 aliphatic carbocycles. The molecule has 0 saturated heterocycles. The number of anilines is 1. The Morgan fingerprint density at radius 2 is 1.76 bits per heavy atom.